The molecule has 0 aliphatic rings. The second kappa shape index (κ2) is 11.1. The standard InChI is InChI=1S/C21H28N2O4S2/c1-4-27-20-12-8-7-11-19(20)23(29(3,25)26)15-21(24)22-13-14-28-16-18-10-6-5-9-17(18)2/h5-12H,4,13-16H2,1-3H3,(H,22,24). The van der Waals surface area contributed by atoms with Crippen LogP contribution in [-0.4, -0.2) is 46.0 Å². The summed E-state index contributed by atoms with van der Waals surface area (Å²) >= 11 is 1.73. The Labute approximate surface area is 177 Å². The molecule has 0 aliphatic carbocycles. The van der Waals surface area contributed by atoms with Crippen molar-refractivity contribution in [3.05, 3.63) is 59.7 Å². The zero-order valence-corrected chi connectivity index (χ0v) is 18.7. The second-order valence-electron chi connectivity index (χ2n) is 6.50. The molecule has 6 nitrogen and oxygen atoms in total. The molecule has 29 heavy (non-hydrogen) atoms. The molecule has 0 heterocycles. The minimum atomic E-state index is -3.64. The molecule has 2 aromatic rings. The molecule has 2 aromatic carbocycles. The number of carbonyl (C=O) groups is 1. The zero-order chi connectivity index (χ0) is 21.3. The van der Waals surface area contributed by atoms with E-state index in [4.69, 9.17) is 4.74 Å². The largest absolute Gasteiger partial charge is 0.492 e. The van der Waals surface area contributed by atoms with Gasteiger partial charge in [0.15, 0.2) is 0 Å². The first-order valence-electron chi connectivity index (χ1n) is 9.41. The number of nitrogens with zero attached hydrogens (tertiary/aromatic N) is 1. The first kappa shape index (κ1) is 23.1. The number of ether oxygens (including phenoxy) is 1. The third-order valence-corrected chi connectivity index (χ3v) is 6.34. The van der Waals surface area contributed by atoms with Crippen LogP contribution in [0.4, 0.5) is 5.69 Å². The normalized spacial score (nSPS) is 11.1. The maximum atomic E-state index is 12.4. The smallest absolute Gasteiger partial charge is 0.240 e. The first-order valence-corrected chi connectivity index (χ1v) is 12.4. The van der Waals surface area contributed by atoms with Gasteiger partial charge < -0.3 is 10.1 Å². The fourth-order valence-corrected chi connectivity index (χ4v) is 4.52. The van der Waals surface area contributed by atoms with Gasteiger partial charge in [-0.15, -0.1) is 0 Å². The summed E-state index contributed by atoms with van der Waals surface area (Å²) in [6.45, 7) is 4.49. The van der Waals surface area contributed by atoms with E-state index < -0.39 is 10.0 Å². The van der Waals surface area contributed by atoms with Crippen molar-refractivity contribution in [3.63, 3.8) is 0 Å². The topological polar surface area (TPSA) is 75.7 Å². The number of benzene rings is 2. The van der Waals surface area contributed by atoms with E-state index in [2.05, 4.69) is 24.4 Å². The van der Waals surface area contributed by atoms with Crippen molar-refractivity contribution in [1.82, 2.24) is 5.32 Å². The lowest BCUT2D eigenvalue weighted by molar-refractivity contribution is -0.119. The first-order chi connectivity index (χ1) is 13.8. The van der Waals surface area contributed by atoms with Crippen LogP contribution in [0.25, 0.3) is 0 Å². The SMILES string of the molecule is CCOc1ccccc1N(CC(=O)NCCSCc1ccccc1C)S(C)(=O)=O. The number of hydrogen-bond acceptors (Lipinski definition) is 5. The van der Waals surface area contributed by atoms with Crippen LogP contribution in [0.3, 0.4) is 0 Å². The molecule has 8 heteroatoms. The summed E-state index contributed by atoms with van der Waals surface area (Å²) in [4.78, 5) is 12.4. The summed E-state index contributed by atoms with van der Waals surface area (Å²) in [6, 6.07) is 15.0. The average Bonchev–Trinajstić information content (AvgIpc) is 2.67. The van der Waals surface area contributed by atoms with E-state index in [1.165, 1.54) is 11.1 Å². The quantitative estimate of drug-likeness (QED) is 0.548. The van der Waals surface area contributed by atoms with Crippen LogP contribution in [0, 0.1) is 6.92 Å². The van der Waals surface area contributed by atoms with E-state index in [1.54, 1.807) is 36.0 Å². The molecular formula is C21H28N2O4S2. The van der Waals surface area contributed by atoms with Crippen LogP contribution in [0.15, 0.2) is 48.5 Å². The van der Waals surface area contributed by atoms with Crippen molar-refractivity contribution in [1.29, 1.82) is 0 Å². The molecule has 0 saturated carbocycles. The van der Waals surface area contributed by atoms with Crippen LogP contribution in [0.1, 0.15) is 18.1 Å². The molecule has 0 fully saturated rings. The number of aryl methyl sites for hydroxylation is 1. The summed E-state index contributed by atoms with van der Waals surface area (Å²) in [6.07, 6.45) is 1.08. The monoisotopic (exact) mass is 436 g/mol. The van der Waals surface area contributed by atoms with Gasteiger partial charge >= 0.3 is 0 Å². The van der Waals surface area contributed by atoms with Gasteiger partial charge in [-0.3, -0.25) is 9.10 Å². The number of amides is 1. The predicted octanol–water partition coefficient (Wildman–Crippen LogP) is 3.21. The Hall–Kier alpha value is -2.19. The highest BCUT2D eigenvalue weighted by Crippen LogP contribution is 2.29. The molecule has 0 aromatic heterocycles. The second-order valence-corrected chi connectivity index (χ2v) is 9.51. The maximum absolute atomic E-state index is 12.4. The van der Waals surface area contributed by atoms with Crippen LogP contribution >= 0.6 is 11.8 Å². The summed E-state index contributed by atoms with van der Waals surface area (Å²) in [5, 5.41) is 2.80. The third-order valence-electron chi connectivity index (χ3n) is 4.21. The summed E-state index contributed by atoms with van der Waals surface area (Å²) in [7, 11) is -3.64. The molecule has 0 spiro atoms. The number of nitrogens with one attached hydrogen (secondary N) is 1. The van der Waals surface area contributed by atoms with E-state index in [0.717, 1.165) is 22.1 Å². The summed E-state index contributed by atoms with van der Waals surface area (Å²) < 4.78 is 31.1. The van der Waals surface area contributed by atoms with Crippen LogP contribution in [-0.2, 0) is 20.6 Å². The molecule has 1 N–H and O–H groups in total. The van der Waals surface area contributed by atoms with Crippen molar-refractivity contribution in [2.24, 2.45) is 0 Å². The fraction of sp³-hybridized carbons (Fsp3) is 0.381. The van der Waals surface area contributed by atoms with Gasteiger partial charge in [-0.05, 0) is 37.1 Å². The number of rotatable bonds is 11. The van der Waals surface area contributed by atoms with Gasteiger partial charge in [0, 0.05) is 18.1 Å². The Morgan fingerprint density at radius 3 is 2.52 bits per heavy atom. The molecule has 0 radical (unpaired) electrons. The molecule has 1 amide bonds. The van der Waals surface area contributed by atoms with Gasteiger partial charge in [-0.1, -0.05) is 36.4 Å². The minimum absolute atomic E-state index is 0.286. The van der Waals surface area contributed by atoms with Crippen molar-refractivity contribution in [3.8, 4) is 5.75 Å². The zero-order valence-electron chi connectivity index (χ0n) is 17.1. The van der Waals surface area contributed by atoms with Gasteiger partial charge in [0.25, 0.3) is 0 Å². The number of para-hydroxylation sites is 2. The van der Waals surface area contributed by atoms with Crippen molar-refractivity contribution < 1.29 is 17.9 Å². The summed E-state index contributed by atoms with van der Waals surface area (Å²) in [5.74, 6) is 1.70. The number of sulfonamides is 1. The Bertz CT molecular complexity index is 916. The van der Waals surface area contributed by atoms with E-state index in [-0.39, 0.29) is 12.5 Å². The van der Waals surface area contributed by atoms with Gasteiger partial charge in [-0.25, -0.2) is 8.42 Å². The molecule has 0 saturated heterocycles. The highest BCUT2D eigenvalue weighted by molar-refractivity contribution is 7.98. The molecular weight excluding hydrogens is 408 g/mol. The van der Waals surface area contributed by atoms with Crippen molar-refractivity contribution >= 4 is 33.4 Å². The Morgan fingerprint density at radius 1 is 1.14 bits per heavy atom. The predicted molar refractivity (Wildman–Crippen MR) is 120 cm³/mol. The van der Waals surface area contributed by atoms with E-state index in [0.29, 0.717) is 24.6 Å². The lowest BCUT2D eigenvalue weighted by atomic mass is 10.1. The maximum Gasteiger partial charge on any atom is 0.240 e. The highest BCUT2D eigenvalue weighted by atomic mass is 32.2. The number of carbonyl (C=O) groups excluding carboxylic acids is 1. The molecule has 0 atom stereocenters. The molecule has 2 rings (SSSR count). The van der Waals surface area contributed by atoms with Crippen LogP contribution < -0.4 is 14.4 Å². The molecule has 0 aliphatic heterocycles. The van der Waals surface area contributed by atoms with Crippen LogP contribution in [0.2, 0.25) is 0 Å². The van der Waals surface area contributed by atoms with E-state index in [1.807, 2.05) is 19.1 Å². The average molecular weight is 437 g/mol. The van der Waals surface area contributed by atoms with Crippen LogP contribution in [0.5, 0.6) is 5.75 Å². The Balaban J connectivity index is 1.90. The van der Waals surface area contributed by atoms with E-state index >= 15 is 0 Å². The Morgan fingerprint density at radius 2 is 1.83 bits per heavy atom. The fourth-order valence-electron chi connectivity index (χ4n) is 2.72. The molecule has 0 bridgehead atoms. The highest BCUT2D eigenvalue weighted by Gasteiger charge is 2.23. The molecule has 0 unspecified atom stereocenters. The lowest BCUT2D eigenvalue weighted by Crippen LogP contribution is -2.41. The van der Waals surface area contributed by atoms with Gasteiger partial charge in [0.05, 0.1) is 18.6 Å². The van der Waals surface area contributed by atoms with Crippen molar-refractivity contribution in [2.45, 2.75) is 19.6 Å². The third kappa shape index (κ3) is 7.29. The number of hydrogen-bond donors (Lipinski definition) is 1. The van der Waals surface area contributed by atoms with Gasteiger partial charge in [0.2, 0.25) is 15.9 Å². The van der Waals surface area contributed by atoms with Gasteiger partial charge in [-0.2, -0.15) is 11.8 Å². The molecule has 158 valence electrons. The van der Waals surface area contributed by atoms with Gasteiger partial charge in [0.1, 0.15) is 12.3 Å². The van der Waals surface area contributed by atoms with E-state index in [9.17, 15) is 13.2 Å². The van der Waals surface area contributed by atoms with Crippen molar-refractivity contribution in [2.75, 3.05) is 36.0 Å². The Kier molecular flexibility index (Phi) is 8.85. The number of anilines is 1. The summed E-state index contributed by atoms with van der Waals surface area (Å²) in [5.41, 5.74) is 2.89. The minimum Gasteiger partial charge on any atom is -0.492 e. The lowest BCUT2D eigenvalue weighted by Gasteiger charge is -2.24. The number of thioether (sulfide) groups is 1.